The highest BCUT2D eigenvalue weighted by Gasteiger charge is 2.35. The molecule has 1 amide bonds. The van der Waals surface area contributed by atoms with Gasteiger partial charge >= 0.3 is 0 Å². The van der Waals surface area contributed by atoms with Gasteiger partial charge in [-0.1, -0.05) is 49.4 Å². The number of aryl methyl sites for hydroxylation is 1. The lowest BCUT2D eigenvalue weighted by molar-refractivity contribution is -0.120. The molecule has 1 heterocycles. The second kappa shape index (κ2) is 9.17. The van der Waals surface area contributed by atoms with Gasteiger partial charge in [0, 0.05) is 30.7 Å². The Labute approximate surface area is 162 Å². The van der Waals surface area contributed by atoms with Gasteiger partial charge in [0.15, 0.2) is 0 Å². The van der Waals surface area contributed by atoms with E-state index in [-0.39, 0.29) is 36.3 Å². The first kappa shape index (κ1) is 20.4. The number of amides is 1. The number of anilines is 1. The highest BCUT2D eigenvalue weighted by atomic mass is 35.5. The van der Waals surface area contributed by atoms with Gasteiger partial charge in [0.05, 0.1) is 6.04 Å². The van der Waals surface area contributed by atoms with Crippen molar-refractivity contribution < 1.29 is 4.79 Å². The summed E-state index contributed by atoms with van der Waals surface area (Å²) in [7, 11) is 0. The van der Waals surface area contributed by atoms with E-state index in [1.807, 2.05) is 37.3 Å². The lowest BCUT2D eigenvalue weighted by Gasteiger charge is -2.23. The van der Waals surface area contributed by atoms with E-state index < -0.39 is 0 Å². The number of hydrogen-bond acceptors (Lipinski definition) is 3. The van der Waals surface area contributed by atoms with Crippen LogP contribution in [0.2, 0.25) is 0 Å². The van der Waals surface area contributed by atoms with Gasteiger partial charge in [-0.3, -0.25) is 9.69 Å². The Hall–Kier alpha value is -1.88. The van der Waals surface area contributed by atoms with Gasteiger partial charge in [0.1, 0.15) is 0 Å². The number of rotatable bonds is 5. The van der Waals surface area contributed by atoms with Crippen molar-refractivity contribution in [2.75, 3.05) is 18.4 Å². The SMILES string of the molecule is CCc1ccc(NC(=O)C(C)N2C[C@@H](N)[C@H](c3ccccc3)C2)cc1.Cl. The summed E-state index contributed by atoms with van der Waals surface area (Å²) in [6, 6.07) is 18.2. The Morgan fingerprint density at radius 2 is 1.81 bits per heavy atom. The monoisotopic (exact) mass is 373 g/mol. The maximum atomic E-state index is 12.6. The Morgan fingerprint density at radius 1 is 1.15 bits per heavy atom. The molecule has 3 N–H and O–H groups in total. The molecule has 0 bridgehead atoms. The van der Waals surface area contributed by atoms with Gasteiger partial charge < -0.3 is 11.1 Å². The topological polar surface area (TPSA) is 58.4 Å². The van der Waals surface area contributed by atoms with Crippen LogP contribution in [0.15, 0.2) is 54.6 Å². The molecule has 2 aromatic carbocycles. The molecule has 1 aliphatic rings. The number of halogens is 1. The third-order valence-corrected chi connectivity index (χ3v) is 5.18. The highest BCUT2D eigenvalue weighted by Crippen LogP contribution is 2.27. The maximum absolute atomic E-state index is 12.6. The van der Waals surface area contributed by atoms with Crippen molar-refractivity contribution in [1.29, 1.82) is 0 Å². The first-order valence-corrected chi connectivity index (χ1v) is 9.03. The molecule has 1 saturated heterocycles. The Kier molecular flexibility index (Phi) is 7.21. The zero-order chi connectivity index (χ0) is 17.8. The molecule has 0 aliphatic carbocycles. The average molecular weight is 374 g/mol. The smallest absolute Gasteiger partial charge is 0.241 e. The molecule has 0 radical (unpaired) electrons. The van der Waals surface area contributed by atoms with E-state index in [0.717, 1.165) is 25.2 Å². The zero-order valence-corrected chi connectivity index (χ0v) is 16.2. The molecule has 1 aliphatic heterocycles. The van der Waals surface area contributed by atoms with Crippen molar-refractivity contribution >= 4 is 24.0 Å². The fraction of sp³-hybridized carbons (Fsp3) is 0.381. The number of nitrogens with zero attached hydrogens (tertiary/aromatic N) is 1. The van der Waals surface area contributed by atoms with Crippen LogP contribution in [0.3, 0.4) is 0 Å². The molecule has 26 heavy (non-hydrogen) atoms. The summed E-state index contributed by atoms with van der Waals surface area (Å²) >= 11 is 0. The predicted molar refractivity (Wildman–Crippen MR) is 110 cm³/mol. The summed E-state index contributed by atoms with van der Waals surface area (Å²) in [5.41, 5.74) is 9.71. The van der Waals surface area contributed by atoms with Crippen molar-refractivity contribution in [3.05, 3.63) is 65.7 Å². The van der Waals surface area contributed by atoms with Crippen LogP contribution in [0.4, 0.5) is 5.69 Å². The highest BCUT2D eigenvalue weighted by molar-refractivity contribution is 5.94. The molecule has 0 spiro atoms. The molecule has 0 aromatic heterocycles. The lowest BCUT2D eigenvalue weighted by Crippen LogP contribution is -2.41. The summed E-state index contributed by atoms with van der Waals surface area (Å²) in [4.78, 5) is 14.8. The number of hydrogen-bond donors (Lipinski definition) is 2. The Morgan fingerprint density at radius 3 is 2.42 bits per heavy atom. The van der Waals surface area contributed by atoms with Crippen LogP contribution in [0.25, 0.3) is 0 Å². The fourth-order valence-electron chi connectivity index (χ4n) is 3.47. The number of nitrogens with one attached hydrogen (secondary N) is 1. The Bertz CT molecular complexity index is 705. The van der Waals surface area contributed by atoms with E-state index >= 15 is 0 Å². The van der Waals surface area contributed by atoms with Gasteiger partial charge in [-0.05, 0) is 36.6 Å². The number of carbonyl (C=O) groups excluding carboxylic acids is 1. The summed E-state index contributed by atoms with van der Waals surface area (Å²) < 4.78 is 0. The van der Waals surface area contributed by atoms with Crippen LogP contribution >= 0.6 is 12.4 Å². The molecule has 5 heteroatoms. The van der Waals surface area contributed by atoms with Crippen LogP contribution in [0, 0.1) is 0 Å². The molecule has 3 rings (SSSR count). The van der Waals surface area contributed by atoms with E-state index in [4.69, 9.17) is 5.73 Å². The van der Waals surface area contributed by atoms with Crippen molar-refractivity contribution in [2.24, 2.45) is 5.73 Å². The first-order chi connectivity index (χ1) is 12.1. The normalized spacial score (nSPS) is 21.0. The van der Waals surface area contributed by atoms with Crippen molar-refractivity contribution in [3.63, 3.8) is 0 Å². The van der Waals surface area contributed by atoms with E-state index in [0.29, 0.717) is 0 Å². The van der Waals surface area contributed by atoms with Crippen LogP contribution in [0.5, 0.6) is 0 Å². The first-order valence-electron chi connectivity index (χ1n) is 9.03. The third kappa shape index (κ3) is 4.64. The van der Waals surface area contributed by atoms with E-state index in [2.05, 4.69) is 41.4 Å². The minimum absolute atomic E-state index is 0. The van der Waals surface area contributed by atoms with Crippen molar-refractivity contribution in [1.82, 2.24) is 4.90 Å². The number of carbonyl (C=O) groups is 1. The van der Waals surface area contributed by atoms with E-state index in [9.17, 15) is 4.79 Å². The number of nitrogens with two attached hydrogens (primary N) is 1. The van der Waals surface area contributed by atoms with Gasteiger partial charge in [-0.25, -0.2) is 0 Å². The molecule has 140 valence electrons. The fourth-order valence-corrected chi connectivity index (χ4v) is 3.47. The molecule has 1 unspecified atom stereocenters. The van der Waals surface area contributed by atoms with Crippen molar-refractivity contribution in [2.45, 2.75) is 38.3 Å². The van der Waals surface area contributed by atoms with Gasteiger partial charge in [0.2, 0.25) is 5.91 Å². The van der Waals surface area contributed by atoms with Gasteiger partial charge in [-0.2, -0.15) is 0 Å². The van der Waals surface area contributed by atoms with Gasteiger partial charge in [-0.15, -0.1) is 12.4 Å². The predicted octanol–water partition coefficient (Wildman–Crippen LogP) is 3.42. The van der Waals surface area contributed by atoms with Crippen LogP contribution in [0.1, 0.15) is 30.9 Å². The average Bonchev–Trinajstić information content (AvgIpc) is 3.04. The van der Waals surface area contributed by atoms with E-state index in [1.54, 1.807) is 0 Å². The molecule has 2 aromatic rings. The van der Waals surface area contributed by atoms with Crippen LogP contribution < -0.4 is 11.1 Å². The standard InChI is InChI=1S/C21H27N3O.ClH/c1-3-16-9-11-18(12-10-16)23-21(25)15(2)24-13-19(20(22)14-24)17-7-5-4-6-8-17;/h4-12,15,19-20H,3,13-14,22H2,1-2H3,(H,23,25);1H/t15?,19-,20+;/m0./s1. The quantitative estimate of drug-likeness (QED) is 0.844. The molecule has 1 fully saturated rings. The number of likely N-dealkylation sites (tertiary alicyclic amines) is 1. The molecule has 3 atom stereocenters. The zero-order valence-electron chi connectivity index (χ0n) is 15.4. The summed E-state index contributed by atoms with van der Waals surface area (Å²) in [6.07, 6.45) is 0.997. The largest absolute Gasteiger partial charge is 0.326 e. The lowest BCUT2D eigenvalue weighted by atomic mass is 9.95. The summed E-state index contributed by atoms with van der Waals surface area (Å²) in [5, 5.41) is 3.02. The van der Waals surface area contributed by atoms with Crippen LogP contribution in [-0.4, -0.2) is 36.0 Å². The molecule has 4 nitrogen and oxygen atoms in total. The summed E-state index contributed by atoms with van der Waals surface area (Å²) in [6.45, 7) is 5.63. The minimum Gasteiger partial charge on any atom is -0.326 e. The van der Waals surface area contributed by atoms with E-state index in [1.165, 1.54) is 11.1 Å². The second-order valence-corrected chi connectivity index (χ2v) is 6.85. The molecular formula is C21H28ClN3O. The Balaban J connectivity index is 0.00000243. The second-order valence-electron chi connectivity index (χ2n) is 6.85. The molecule has 0 saturated carbocycles. The van der Waals surface area contributed by atoms with Crippen LogP contribution in [-0.2, 0) is 11.2 Å². The summed E-state index contributed by atoms with van der Waals surface area (Å²) in [5.74, 6) is 0.297. The maximum Gasteiger partial charge on any atom is 0.241 e. The third-order valence-electron chi connectivity index (χ3n) is 5.18. The minimum atomic E-state index is -0.203. The molecular weight excluding hydrogens is 346 g/mol. The van der Waals surface area contributed by atoms with Crippen molar-refractivity contribution in [3.8, 4) is 0 Å². The number of benzene rings is 2. The van der Waals surface area contributed by atoms with Gasteiger partial charge in [0.25, 0.3) is 0 Å².